The summed E-state index contributed by atoms with van der Waals surface area (Å²) in [5, 5.41) is 0. The number of hydrogen-bond donors (Lipinski definition) is 0. The zero-order valence-electron chi connectivity index (χ0n) is 12.5. The fraction of sp³-hybridized carbons (Fsp3) is 0.500. The van der Waals surface area contributed by atoms with Crippen molar-refractivity contribution in [2.24, 2.45) is 0 Å². The fourth-order valence-corrected chi connectivity index (χ4v) is 3.51. The normalized spacial score (nSPS) is 20.3. The highest BCUT2D eigenvalue weighted by Crippen LogP contribution is 2.22. The Kier molecular flexibility index (Phi) is 5.49. The Morgan fingerprint density at radius 3 is 2.86 bits per heavy atom. The van der Waals surface area contributed by atoms with Gasteiger partial charge in [0.25, 0.3) is 0 Å². The van der Waals surface area contributed by atoms with Gasteiger partial charge < -0.3 is 9.47 Å². The molecule has 2 rings (SSSR count). The number of methoxy groups -OCH3 is 1. The van der Waals surface area contributed by atoms with Gasteiger partial charge in [-0.15, -0.1) is 0 Å². The topological polar surface area (TPSA) is 68.7 Å². The van der Waals surface area contributed by atoms with E-state index in [-0.39, 0.29) is 23.5 Å². The monoisotopic (exact) mass is 330 g/mol. The van der Waals surface area contributed by atoms with E-state index in [9.17, 15) is 12.8 Å². The molecule has 0 saturated carbocycles. The van der Waals surface area contributed by atoms with Gasteiger partial charge in [0.15, 0.2) is 0 Å². The lowest BCUT2D eigenvalue weighted by Crippen LogP contribution is -2.30. The van der Waals surface area contributed by atoms with Crippen molar-refractivity contribution in [3.8, 4) is 5.88 Å². The van der Waals surface area contributed by atoms with Gasteiger partial charge in [-0.1, -0.05) is 0 Å². The van der Waals surface area contributed by atoms with E-state index in [2.05, 4.69) is 4.98 Å². The summed E-state index contributed by atoms with van der Waals surface area (Å²) in [4.78, 5) is 4.06. The summed E-state index contributed by atoms with van der Waals surface area (Å²) in [5.74, 6) is 0.247. The van der Waals surface area contributed by atoms with Crippen LogP contribution in [0.25, 0.3) is 0 Å². The maximum atomic E-state index is 12.5. The van der Waals surface area contributed by atoms with Crippen LogP contribution in [-0.2, 0) is 14.8 Å². The summed E-state index contributed by atoms with van der Waals surface area (Å²) in [7, 11) is -2.00. The molecule has 1 aromatic rings. The van der Waals surface area contributed by atoms with E-state index < -0.39 is 10.0 Å². The third-order valence-corrected chi connectivity index (χ3v) is 5.27. The molecule has 1 aliphatic rings. The van der Waals surface area contributed by atoms with Gasteiger partial charge in [-0.25, -0.2) is 17.8 Å². The van der Waals surface area contributed by atoms with Gasteiger partial charge in [0.05, 0.1) is 18.6 Å². The molecule has 1 aromatic heterocycles. The minimum atomic E-state index is -3.57. The lowest BCUT2D eigenvalue weighted by atomic mass is 10.3. The van der Waals surface area contributed by atoms with E-state index in [0.717, 1.165) is 0 Å². The molecule has 22 heavy (non-hydrogen) atoms. The predicted octanol–water partition coefficient (Wildman–Crippen LogP) is 1.74. The molecule has 0 amide bonds. The number of hydrogen-bond acceptors (Lipinski definition) is 5. The maximum absolute atomic E-state index is 12.5. The minimum absolute atomic E-state index is 0.0667. The summed E-state index contributed by atoms with van der Waals surface area (Å²) in [6.07, 6.45) is 2.32. The Labute approximate surface area is 129 Å². The molecular formula is C14H19FN2O4S. The highest BCUT2D eigenvalue weighted by Gasteiger charge is 2.32. The van der Waals surface area contributed by atoms with E-state index in [4.69, 9.17) is 9.47 Å². The molecule has 1 aliphatic heterocycles. The molecule has 0 aromatic carbocycles. The summed E-state index contributed by atoms with van der Waals surface area (Å²) >= 11 is 0. The van der Waals surface area contributed by atoms with Crippen LogP contribution < -0.4 is 4.74 Å². The van der Waals surface area contributed by atoms with Crippen molar-refractivity contribution in [2.45, 2.75) is 24.3 Å². The van der Waals surface area contributed by atoms with Crippen LogP contribution in [0.4, 0.5) is 4.39 Å². The number of nitrogens with zero attached hydrogens (tertiary/aromatic N) is 2. The van der Waals surface area contributed by atoms with Crippen molar-refractivity contribution < 1.29 is 22.3 Å². The largest absolute Gasteiger partial charge is 0.473 e. The number of aromatic nitrogens is 1. The molecule has 0 spiro atoms. The number of ether oxygens (including phenoxy) is 2. The lowest BCUT2D eigenvalue weighted by Gasteiger charge is -2.16. The molecule has 1 unspecified atom stereocenters. The zero-order valence-corrected chi connectivity index (χ0v) is 13.3. The predicted molar refractivity (Wildman–Crippen MR) is 78.8 cm³/mol. The summed E-state index contributed by atoms with van der Waals surface area (Å²) in [6.45, 7) is 2.42. The third kappa shape index (κ3) is 3.82. The van der Waals surface area contributed by atoms with Crippen molar-refractivity contribution in [1.29, 1.82) is 0 Å². The Bertz CT molecular complexity index is 631. The average molecular weight is 330 g/mol. The smallest absolute Gasteiger partial charge is 0.244 e. The van der Waals surface area contributed by atoms with Crippen molar-refractivity contribution in [1.82, 2.24) is 9.29 Å². The van der Waals surface area contributed by atoms with Crippen LogP contribution in [0.15, 0.2) is 35.1 Å². The van der Waals surface area contributed by atoms with Gasteiger partial charge in [-0.3, -0.25) is 0 Å². The maximum Gasteiger partial charge on any atom is 0.244 e. The van der Waals surface area contributed by atoms with Gasteiger partial charge in [-0.2, -0.15) is 4.31 Å². The quantitative estimate of drug-likeness (QED) is 0.795. The van der Waals surface area contributed by atoms with Crippen LogP contribution in [0.3, 0.4) is 0 Å². The number of rotatable bonds is 6. The van der Waals surface area contributed by atoms with Crippen LogP contribution in [0.5, 0.6) is 5.88 Å². The second kappa shape index (κ2) is 7.17. The average Bonchev–Trinajstić information content (AvgIpc) is 3.02. The molecule has 1 atom stereocenters. The number of sulfonamides is 1. The van der Waals surface area contributed by atoms with Crippen molar-refractivity contribution >= 4 is 10.0 Å². The van der Waals surface area contributed by atoms with E-state index in [1.165, 1.54) is 22.6 Å². The first-order chi connectivity index (χ1) is 10.5. The first kappa shape index (κ1) is 16.9. The van der Waals surface area contributed by atoms with E-state index in [1.54, 1.807) is 14.0 Å². The Balaban J connectivity index is 2.06. The van der Waals surface area contributed by atoms with E-state index >= 15 is 0 Å². The van der Waals surface area contributed by atoms with Crippen molar-refractivity contribution in [2.75, 3.05) is 26.8 Å². The summed E-state index contributed by atoms with van der Waals surface area (Å²) in [6, 6.07) is 2.90. The SMILES string of the molecule is COC1CCN(S(=O)(=O)c2ccc(OC/C(C)=C/F)nc2)C1. The molecule has 1 fully saturated rings. The molecule has 1 saturated heterocycles. The Hall–Kier alpha value is -1.51. The molecule has 8 heteroatoms. The highest BCUT2D eigenvalue weighted by molar-refractivity contribution is 7.89. The second-order valence-electron chi connectivity index (χ2n) is 5.09. The highest BCUT2D eigenvalue weighted by atomic mass is 32.2. The summed E-state index contributed by atoms with van der Waals surface area (Å²) < 4.78 is 48.9. The molecule has 0 radical (unpaired) electrons. The van der Waals surface area contributed by atoms with Crippen LogP contribution in [0, 0.1) is 0 Å². The van der Waals surface area contributed by atoms with Crippen LogP contribution in [-0.4, -0.2) is 50.6 Å². The fourth-order valence-electron chi connectivity index (χ4n) is 2.08. The number of halogens is 1. The zero-order chi connectivity index (χ0) is 16.2. The molecular weight excluding hydrogens is 311 g/mol. The van der Waals surface area contributed by atoms with Gasteiger partial charge in [-0.05, 0) is 25.0 Å². The van der Waals surface area contributed by atoms with Gasteiger partial charge in [0.1, 0.15) is 11.5 Å². The lowest BCUT2D eigenvalue weighted by molar-refractivity contribution is 0.115. The first-order valence-electron chi connectivity index (χ1n) is 6.85. The van der Waals surface area contributed by atoms with Gasteiger partial charge in [0, 0.05) is 26.3 Å². The number of pyridine rings is 1. The van der Waals surface area contributed by atoms with Crippen LogP contribution in [0.1, 0.15) is 13.3 Å². The molecule has 0 bridgehead atoms. The van der Waals surface area contributed by atoms with Crippen molar-refractivity contribution in [3.63, 3.8) is 0 Å². The Morgan fingerprint density at radius 2 is 2.32 bits per heavy atom. The van der Waals surface area contributed by atoms with Gasteiger partial charge in [0.2, 0.25) is 15.9 Å². The molecule has 0 aliphatic carbocycles. The minimum Gasteiger partial charge on any atom is -0.473 e. The second-order valence-corrected chi connectivity index (χ2v) is 7.02. The molecule has 0 N–H and O–H groups in total. The van der Waals surface area contributed by atoms with Crippen LogP contribution >= 0.6 is 0 Å². The first-order valence-corrected chi connectivity index (χ1v) is 8.29. The van der Waals surface area contributed by atoms with E-state index in [0.29, 0.717) is 31.4 Å². The third-order valence-electron chi connectivity index (χ3n) is 3.42. The van der Waals surface area contributed by atoms with Gasteiger partial charge >= 0.3 is 0 Å². The van der Waals surface area contributed by atoms with Crippen molar-refractivity contribution in [3.05, 3.63) is 30.2 Å². The Morgan fingerprint density at radius 1 is 1.55 bits per heavy atom. The van der Waals surface area contributed by atoms with E-state index in [1.807, 2.05) is 0 Å². The molecule has 2 heterocycles. The summed E-state index contributed by atoms with van der Waals surface area (Å²) in [5.41, 5.74) is 0.418. The molecule has 122 valence electrons. The standard InChI is InChI=1S/C14H19FN2O4S/c1-11(7-15)10-21-14-4-3-13(8-16-14)22(18,19)17-6-5-12(9-17)20-2/h3-4,7-8,12H,5-6,9-10H2,1-2H3/b11-7+. The molecule has 6 nitrogen and oxygen atoms in total. The van der Waals surface area contributed by atoms with Crippen LogP contribution in [0.2, 0.25) is 0 Å².